The van der Waals surface area contributed by atoms with Crippen LogP contribution < -0.4 is 10.6 Å². The van der Waals surface area contributed by atoms with Gasteiger partial charge in [0.1, 0.15) is 0 Å². The van der Waals surface area contributed by atoms with E-state index in [2.05, 4.69) is 10.6 Å². The Morgan fingerprint density at radius 3 is 2.28 bits per heavy atom. The van der Waals surface area contributed by atoms with Crippen LogP contribution in [0.15, 0.2) is 91.0 Å². The maximum absolute atomic E-state index is 13.0. The molecule has 2 N–H and O–H groups in total. The zero-order chi connectivity index (χ0) is 20.1. The number of carbonyl (C=O) groups is 1. The van der Waals surface area contributed by atoms with E-state index >= 15 is 0 Å². The molecule has 0 saturated heterocycles. The second-order valence-corrected chi connectivity index (χ2v) is 6.97. The third-order valence-electron chi connectivity index (χ3n) is 4.55. The summed E-state index contributed by atoms with van der Waals surface area (Å²) in [7, 11) is 0. The first kappa shape index (κ1) is 18.8. The van der Waals surface area contributed by atoms with Crippen molar-refractivity contribution in [2.24, 2.45) is 0 Å². The first-order chi connectivity index (χ1) is 14.2. The molecule has 0 spiro atoms. The van der Waals surface area contributed by atoms with Crippen LogP contribution in [0.2, 0.25) is 0 Å². The smallest absolute Gasteiger partial charge is 0.258 e. The molecule has 4 nitrogen and oxygen atoms in total. The fourth-order valence-corrected chi connectivity index (χ4v) is 3.28. The van der Waals surface area contributed by atoms with Crippen molar-refractivity contribution in [2.75, 3.05) is 0 Å². The molecule has 29 heavy (non-hydrogen) atoms. The molecule has 0 aliphatic heterocycles. The molecule has 0 aliphatic carbocycles. The van der Waals surface area contributed by atoms with Gasteiger partial charge in [-0.25, -0.2) is 4.98 Å². The highest BCUT2D eigenvalue weighted by atomic mass is 32.1. The van der Waals surface area contributed by atoms with E-state index in [4.69, 9.17) is 17.2 Å². The molecule has 1 heterocycles. The fraction of sp³-hybridized carbons (Fsp3) is 0.0417. The summed E-state index contributed by atoms with van der Waals surface area (Å²) in [5.41, 5.74) is 4.10. The Kier molecular flexibility index (Phi) is 5.59. The van der Waals surface area contributed by atoms with E-state index in [0.717, 1.165) is 27.7 Å². The van der Waals surface area contributed by atoms with E-state index in [1.807, 2.05) is 91.0 Å². The number of nitrogens with one attached hydrogen (secondary N) is 2. The molecule has 0 radical (unpaired) electrons. The zero-order valence-corrected chi connectivity index (χ0v) is 16.4. The van der Waals surface area contributed by atoms with Gasteiger partial charge < -0.3 is 5.32 Å². The van der Waals surface area contributed by atoms with Crippen LogP contribution in [0.4, 0.5) is 0 Å². The number of thiocarbonyl (C=S) groups is 1. The standard InChI is InChI=1S/C24H19N3OS/c28-23(27-24(29)25-16-17-9-3-1-4-10-17)20-15-22(18-11-5-2-6-12-18)26-21-14-8-7-13-19(20)21/h1-15H,16H2,(H2,25,27,28,29). The van der Waals surface area contributed by atoms with Crippen LogP contribution in [-0.2, 0) is 6.54 Å². The number of benzene rings is 3. The number of hydrogen-bond donors (Lipinski definition) is 2. The summed E-state index contributed by atoms with van der Waals surface area (Å²) in [6.07, 6.45) is 0. The van der Waals surface area contributed by atoms with Crippen LogP contribution in [0.3, 0.4) is 0 Å². The minimum absolute atomic E-state index is 0.258. The van der Waals surface area contributed by atoms with Crippen molar-refractivity contribution in [1.29, 1.82) is 0 Å². The summed E-state index contributed by atoms with van der Waals surface area (Å²) in [6, 6.07) is 29.1. The second-order valence-electron chi connectivity index (χ2n) is 6.56. The molecule has 0 unspecified atom stereocenters. The van der Waals surface area contributed by atoms with Gasteiger partial charge in [-0.1, -0.05) is 78.9 Å². The normalized spacial score (nSPS) is 10.5. The van der Waals surface area contributed by atoms with E-state index in [1.165, 1.54) is 0 Å². The first-order valence-corrected chi connectivity index (χ1v) is 9.70. The maximum atomic E-state index is 13.0. The summed E-state index contributed by atoms with van der Waals surface area (Å²) in [5.74, 6) is -0.258. The molecule has 5 heteroatoms. The maximum Gasteiger partial charge on any atom is 0.258 e. The van der Waals surface area contributed by atoms with Gasteiger partial charge in [0.15, 0.2) is 5.11 Å². The van der Waals surface area contributed by atoms with Crippen LogP contribution in [0.25, 0.3) is 22.2 Å². The molecule has 0 aliphatic rings. The van der Waals surface area contributed by atoms with Gasteiger partial charge in [-0.2, -0.15) is 0 Å². The topological polar surface area (TPSA) is 54.0 Å². The summed E-state index contributed by atoms with van der Waals surface area (Å²) < 4.78 is 0. The second kappa shape index (κ2) is 8.63. The minimum atomic E-state index is -0.258. The van der Waals surface area contributed by atoms with Gasteiger partial charge in [0.05, 0.1) is 16.8 Å². The Labute approximate surface area is 174 Å². The number of para-hydroxylation sites is 1. The number of fused-ring (bicyclic) bond motifs is 1. The Hall–Kier alpha value is -3.57. The van der Waals surface area contributed by atoms with Crippen molar-refractivity contribution in [2.45, 2.75) is 6.54 Å². The van der Waals surface area contributed by atoms with E-state index < -0.39 is 0 Å². The Bertz CT molecular complexity index is 1160. The summed E-state index contributed by atoms with van der Waals surface area (Å²) in [4.78, 5) is 17.7. The number of amides is 1. The molecule has 0 saturated carbocycles. The molecular formula is C24H19N3OS. The van der Waals surface area contributed by atoms with Gasteiger partial charge in [-0.05, 0) is 29.9 Å². The fourth-order valence-electron chi connectivity index (χ4n) is 3.11. The van der Waals surface area contributed by atoms with Crippen LogP contribution in [0, 0.1) is 0 Å². The van der Waals surface area contributed by atoms with E-state index in [0.29, 0.717) is 17.2 Å². The van der Waals surface area contributed by atoms with Gasteiger partial charge in [0.25, 0.3) is 5.91 Å². The molecule has 0 fully saturated rings. The van der Waals surface area contributed by atoms with Crippen molar-refractivity contribution in [3.63, 3.8) is 0 Å². The number of pyridine rings is 1. The van der Waals surface area contributed by atoms with Gasteiger partial charge in [0, 0.05) is 17.5 Å². The van der Waals surface area contributed by atoms with Crippen LogP contribution in [-0.4, -0.2) is 16.0 Å². The summed E-state index contributed by atoms with van der Waals surface area (Å²) in [6.45, 7) is 0.548. The number of hydrogen-bond acceptors (Lipinski definition) is 3. The predicted octanol–water partition coefficient (Wildman–Crippen LogP) is 4.71. The molecule has 4 rings (SSSR count). The number of carbonyl (C=O) groups excluding carboxylic acids is 1. The number of aromatic nitrogens is 1. The Morgan fingerprint density at radius 2 is 1.52 bits per heavy atom. The van der Waals surface area contributed by atoms with E-state index in [-0.39, 0.29) is 5.91 Å². The van der Waals surface area contributed by atoms with Crippen molar-refractivity contribution in [3.8, 4) is 11.3 Å². The molecule has 0 atom stereocenters. The highest BCUT2D eigenvalue weighted by Gasteiger charge is 2.15. The minimum Gasteiger partial charge on any atom is -0.358 e. The largest absolute Gasteiger partial charge is 0.358 e. The number of rotatable bonds is 4. The summed E-state index contributed by atoms with van der Waals surface area (Å²) in [5, 5.41) is 6.95. The highest BCUT2D eigenvalue weighted by molar-refractivity contribution is 7.80. The summed E-state index contributed by atoms with van der Waals surface area (Å²) >= 11 is 5.32. The lowest BCUT2D eigenvalue weighted by Crippen LogP contribution is -2.39. The number of nitrogens with zero attached hydrogens (tertiary/aromatic N) is 1. The Morgan fingerprint density at radius 1 is 0.862 bits per heavy atom. The molecule has 1 amide bonds. The average Bonchev–Trinajstić information content (AvgIpc) is 2.78. The van der Waals surface area contributed by atoms with Crippen molar-refractivity contribution in [3.05, 3.63) is 102 Å². The molecule has 1 aromatic heterocycles. The van der Waals surface area contributed by atoms with E-state index in [1.54, 1.807) is 0 Å². The third-order valence-corrected chi connectivity index (χ3v) is 4.80. The molecule has 3 aromatic carbocycles. The molecule has 0 bridgehead atoms. The lowest BCUT2D eigenvalue weighted by atomic mass is 10.0. The van der Waals surface area contributed by atoms with Gasteiger partial charge >= 0.3 is 0 Å². The van der Waals surface area contributed by atoms with Gasteiger partial charge in [-0.15, -0.1) is 0 Å². The van der Waals surface area contributed by atoms with E-state index in [9.17, 15) is 4.79 Å². The zero-order valence-electron chi connectivity index (χ0n) is 15.6. The third kappa shape index (κ3) is 4.47. The molecule has 142 valence electrons. The van der Waals surface area contributed by atoms with Gasteiger partial charge in [0.2, 0.25) is 0 Å². The SMILES string of the molecule is O=C(NC(=S)NCc1ccccc1)c1cc(-c2ccccc2)nc2ccccc12. The average molecular weight is 398 g/mol. The quantitative estimate of drug-likeness (QED) is 0.490. The van der Waals surface area contributed by atoms with Crippen LogP contribution in [0.5, 0.6) is 0 Å². The predicted molar refractivity (Wildman–Crippen MR) is 121 cm³/mol. The highest BCUT2D eigenvalue weighted by Crippen LogP contribution is 2.24. The Balaban J connectivity index is 1.58. The van der Waals surface area contributed by atoms with Crippen LogP contribution >= 0.6 is 12.2 Å². The van der Waals surface area contributed by atoms with Gasteiger partial charge in [-0.3, -0.25) is 10.1 Å². The van der Waals surface area contributed by atoms with Crippen molar-refractivity contribution >= 4 is 34.1 Å². The van der Waals surface area contributed by atoms with Crippen molar-refractivity contribution in [1.82, 2.24) is 15.6 Å². The lowest BCUT2D eigenvalue weighted by molar-refractivity contribution is 0.0978. The van der Waals surface area contributed by atoms with Crippen LogP contribution in [0.1, 0.15) is 15.9 Å². The lowest BCUT2D eigenvalue weighted by Gasteiger charge is -2.12. The first-order valence-electron chi connectivity index (χ1n) is 9.29. The monoisotopic (exact) mass is 397 g/mol. The molecular weight excluding hydrogens is 378 g/mol. The molecule has 4 aromatic rings. The van der Waals surface area contributed by atoms with Crippen molar-refractivity contribution < 1.29 is 4.79 Å².